The minimum Gasteiger partial charge on any atom is -0.467 e. The van der Waals surface area contributed by atoms with Crippen molar-refractivity contribution in [3.05, 3.63) is 71.8 Å². The number of alkyl carbamates (subject to hydrolysis) is 1. The largest absolute Gasteiger partial charge is 0.467 e. The van der Waals surface area contributed by atoms with Crippen molar-refractivity contribution >= 4 is 18.0 Å². The molecule has 7 heteroatoms. The Balaban J connectivity index is 1.71. The molecular formula is C25H30N2O5. The van der Waals surface area contributed by atoms with E-state index in [0.29, 0.717) is 12.8 Å². The van der Waals surface area contributed by atoms with Crippen molar-refractivity contribution < 1.29 is 23.9 Å². The summed E-state index contributed by atoms with van der Waals surface area (Å²) in [5.74, 6) is -0.881. The molecule has 2 aromatic rings. The first-order valence-corrected chi connectivity index (χ1v) is 10.9. The van der Waals surface area contributed by atoms with E-state index in [4.69, 9.17) is 9.47 Å². The SMILES string of the molecule is COC(=O)C1(NC(=O)[C@H](Cc2ccccc2)NC(=O)OCc2ccccc2)CCCCC1. The highest BCUT2D eigenvalue weighted by molar-refractivity contribution is 5.92. The van der Waals surface area contributed by atoms with Crippen LogP contribution in [-0.4, -0.2) is 36.7 Å². The summed E-state index contributed by atoms with van der Waals surface area (Å²) in [4.78, 5) is 38.3. The van der Waals surface area contributed by atoms with Gasteiger partial charge in [0.25, 0.3) is 0 Å². The number of carbonyl (C=O) groups excluding carboxylic acids is 3. The summed E-state index contributed by atoms with van der Waals surface area (Å²) in [5.41, 5.74) is 0.666. The maximum Gasteiger partial charge on any atom is 0.408 e. The van der Waals surface area contributed by atoms with Crippen LogP contribution in [0.4, 0.5) is 4.79 Å². The van der Waals surface area contributed by atoms with Crippen molar-refractivity contribution in [3.8, 4) is 0 Å². The molecule has 0 aliphatic heterocycles. The van der Waals surface area contributed by atoms with Crippen molar-refractivity contribution in [3.63, 3.8) is 0 Å². The van der Waals surface area contributed by atoms with E-state index in [1.807, 2.05) is 60.7 Å². The molecule has 2 aromatic carbocycles. The fourth-order valence-corrected chi connectivity index (χ4v) is 4.02. The summed E-state index contributed by atoms with van der Waals surface area (Å²) in [6, 6.07) is 17.8. The molecule has 1 aliphatic rings. The summed E-state index contributed by atoms with van der Waals surface area (Å²) >= 11 is 0. The van der Waals surface area contributed by atoms with Crippen LogP contribution in [0.25, 0.3) is 0 Å². The van der Waals surface area contributed by atoms with Crippen molar-refractivity contribution in [2.45, 2.75) is 56.7 Å². The third kappa shape index (κ3) is 6.33. The van der Waals surface area contributed by atoms with Gasteiger partial charge in [0.15, 0.2) is 0 Å². The zero-order chi connectivity index (χ0) is 22.8. The van der Waals surface area contributed by atoms with Crippen LogP contribution in [0.2, 0.25) is 0 Å². The molecule has 1 saturated carbocycles. The van der Waals surface area contributed by atoms with E-state index in [1.165, 1.54) is 7.11 Å². The minimum atomic E-state index is -1.06. The number of hydrogen-bond acceptors (Lipinski definition) is 5. The molecule has 7 nitrogen and oxygen atoms in total. The van der Waals surface area contributed by atoms with E-state index in [1.54, 1.807) is 0 Å². The number of ether oxygens (including phenoxy) is 2. The van der Waals surface area contributed by atoms with Gasteiger partial charge in [-0.2, -0.15) is 0 Å². The number of hydrogen-bond donors (Lipinski definition) is 2. The minimum absolute atomic E-state index is 0.0957. The Morgan fingerprint density at radius 2 is 1.50 bits per heavy atom. The van der Waals surface area contributed by atoms with Crippen molar-refractivity contribution in [2.75, 3.05) is 7.11 Å². The average molecular weight is 439 g/mol. The normalized spacial score (nSPS) is 15.8. The molecule has 0 unspecified atom stereocenters. The van der Waals surface area contributed by atoms with E-state index < -0.39 is 29.6 Å². The Hall–Kier alpha value is -3.35. The van der Waals surface area contributed by atoms with Crippen LogP contribution in [0.15, 0.2) is 60.7 Å². The standard InChI is InChI=1S/C25H30N2O5/c1-31-23(29)25(15-9-4-10-16-25)27-22(28)21(17-19-11-5-2-6-12-19)26-24(30)32-18-20-13-7-3-8-14-20/h2-3,5-8,11-14,21H,4,9-10,15-18H2,1H3,(H,26,30)(H,27,28)/t21-/m0/s1. The number of amides is 2. The van der Waals surface area contributed by atoms with Gasteiger partial charge in [0, 0.05) is 6.42 Å². The van der Waals surface area contributed by atoms with Crippen molar-refractivity contribution in [1.82, 2.24) is 10.6 Å². The Labute approximate surface area is 188 Å². The van der Waals surface area contributed by atoms with Crippen LogP contribution in [0.3, 0.4) is 0 Å². The van der Waals surface area contributed by atoms with E-state index >= 15 is 0 Å². The molecule has 1 atom stereocenters. The van der Waals surface area contributed by atoms with Gasteiger partial charge in [-0.05, 0) is 24.0 Å². The molecule has 0 radical (unpaired) electrons. The smallest absolute Gasteiger partial charge is 0.408 e. The lowest BCUT2D eigenvalue weighted by molar-refractivity contribution is -0.152. The van der Waals surface area contributed by atoms with Gasteiger partial charge < -0.3 is 20.1 Å². The molecule has 0 heterocycles. The predicted molar refractivity (Wildman–Crippen MR) is 120 cm³/mol. The maximum absolute atomic E-state index is 13.3. The number of benzene rings is 2. The third-order valence-electron chi connectivity index (χ3n) is 5.75. The first kappa shape index (κ1) is 23.3. The molecule has 32 heavy (non-hydrogen) atoms. The van der Waals surface area contributed by atoms with Crippen LogP contribution in [0, 0.1) is 0 Å². The highest BCUT2D eigenvalue weighted by atomic mass is 16.5. The quantitative estimate of drug-likeness (QED) is 0.615. The fourth-order valence-electron chi connectivity index (χ4n) is 4.02. The van der Waals surface area contributed by atoms with Gasteiger partial charge in [0.2, 0.25) is 5.91 Å². The predicted octanol–water partition coefficient (Wildman–Crippen LogP) is 3.52. The van der Waals surface area contributed by atoms with Crippen molar-refractivity contribution in [2.24, 2.45) is 0 Å². The molecule has 1 aliphatic carbocycles. The Bertz CT molecular complexity index is 895. The third-order valence-corrected chi connectivity index (χ3v) is 5.75. The summed E-state index contributed by atoms with van der Waals surface area (Å²) in [5, 5.41) is 5.57. The monoisotopic (exact) mass is 438 g/mol. The van der Waals surface area contributed by atoms with Gasteiger partial charge in [0.1, 0.15) is 18.2 Å². The maximum atomic E-state index is 13.3. The van der Waals surface area contributed by atoms with E-state index in [-0.39, 0.29) is 13.0 Å². The zero-order valence-corrected chi connectivity index (χ0v) is 18.3. The van der Waals surface area contributed by atoms with E-state index in [0.717, 1.165) is 30.4 Å². The van der Waals surface area contributed by atoms with Crippen molar-refractivity contribution in [1.29, 1.82) is 0 Å². The van der Waals surface area contributed by atoms with Crippen LogP contribution in [-0.2, 0) is 32.1 Å². The first-order chi connectivity index (χ1) is 15.5. The van der Waals surface area contributed by atoms with E-state index in [2.05, 4.69) is 10.6 Å². The van der Waals surface area contributed by atoms with Gasteiger partial charge >= 0.3 is 12.1 Å². The number of carbonyl (C=O) groups is 3. The summed E-state index contributed by atoms with van der Waals surface area (Å²) in [7, 11) is 1.32. The van der Waals surface area contributed by atoms with Crippen LogP contribution in [0.5, 0.6) is 0 Å². The number of nitrogens with one attached hydrogen (secondary N) is 2. The Kier molecular flexibility index (Phi) is 8.25. The lowest BCUT2D eigenvalue weighted by Crippen LogP contribution is -2.60. The Morgan fingerprint density at radius 1 is 0.906 bits per heavy atom. The molecule has 0 saturated heterocycles. The zero-order valence-electron chi connectivity index (χ0n) is 18.3. The molecule has 0 aromatic heterocycles. The number of esters is 1. The van der Waals surface area contributed by atoms with Gasteiger partial charge in [-0.3, -0.25) is 4.79 Å². The van der Waals surface area contributed by atoms with Crippen LogP contribution in [0.1, 0.15) is 43.2 Å². The lowest BCUT2D eigenvalue weighted by atomic mass is 9.81. The average Bonchev–Trinajstić information content (AvgIpc) is 2.83. The molecule has 0 spiro atoms. The van der Waals surface area contributed by atoms with Crippen LogP contribution >= 0.6 is 0 Å². The van der Waals surface area contributed by atoms with Gasteiger partial charge in [-0.1, -0.05) is 79.9 Å². The number of methoxy groups -OCH3 is 1. The second kappa shape index (κ2) is 11.3. The molecule has 170 valence electrons. The molecule has 2 amide bonds. The highest BCUT2D eigenvalue weighted by Gasteiger charge is 2.43. The topological polar surface area (TPSA) is 93.7 Å². The second-order valence-corrected chi connectivity index (χ2v) is 8.07. The second-order valence-electron chi connectivity index (χ2n) is 8.07. The fraction of sp³-hybridized carbons (Fsp3) is 0.400. The number of rotatable bonds is 8. The summed E-state index contributed by atoms with van der Waals surface area (Å²) in [6.45, 7) is 0.0957. The van der Waals surface area contributed by atoms with Gasteiger partial charge in [0.05, 0.1) is 7.11 Å². The van der Waals surface area contributed by atoms with Gasteiger partial charge in [-0.15, -0.1) is 0 Å². The molecule has 1 fully saturated rings. The molecule has 0 bridgehead atoms. The Morgan fingerprint density at radius 3 is 2.09 bits per heavy atom. The summed E-state index contributed by atoms with van der Waals surface area (Å²) in [6.07, 6.45) is 3.26. The first-order valence-electron chi connectivity index (χ1n) is 10.9. The van der Waals surface area contributed by atoms with Gasteiger partial charge in [-0.25, -0.2) is 9.59 Å². The lowest BCUT2D eigenvalue weighted by Gasteiger charge is -2.36. The molecule has 2 N–H and O–H groups in total. The van der Waals surface area contributed by atoms with E-state index in [9.17, 15) is 14.4 Å². The summed E-state index contributed by atoms with van der Waals surface area (Å²) < 4.78 is 10.3. The van der Waals surface area contributed by atoms with Crippen LogP contribution < -0.4 is 10.6 Å². The molecule has 3 rings (SSSR count). The highest BCUT2D eigenvalue weighted by Crippen LogP contribution is 2.29. The molecular weight excluding hydrogens is 408 g/mol.